The number of nitrogens with one attached hydrogen (secondary N) is 1. The van der Waals surface area contributed by atoms with Crippen molar-refractivity contribution in [1.82, 2.24) is 29.5 Å². The lowest BCUT2D eigenvalue weighted by Gasteiger charge is -2.37. The van der Waals surface area contributed by atoms with Gasteiger partial charge in [-0.25, -0.2) is 14.5 Å². The molecule has 1 fully saturated rings. The summed E-state index contributed by atoms with van der Waals surface area (Å²) < 4.78 is 7.34. The molecule has 0 spiro atoms. The summed E-state index contributed by atoms with van der Waals surface area (Å²) in [5.41, 5.74) is 6.07. The first-order chi connectivity index (χ1) is 15.5. The van der Waals surface area contributed by atoms with Gasteiger partial charge < -0.3 is 14.6 Å². The van der Waals surface area contributed by atoms with Gasteiger partial charge in [0.15, 0.2) is 11.4 Å². The van der Waals surface area contributed by atoms with E-state index in [4.69, 9.17) is 9.72 Å². The normalized spacial score (nSPS) is 15.5. The molecule has 168 valence electrons. The number of methoxy groups -OCH3 is 1. The molecule has 5 heterocycles. The van der Waals surface area contributed by atoms with Crippen LogP contribution in [0.15, 0.2) is 30.7 Å². The number of piperazine rings is 1. The van der Waals surface area contributed by atoms with Gasteiger partial charge in [0, 0.05) is 49.5 Å². The Hall–Kier alpha value is -3.13. The number of nitrogens with zero attached hydrogens (tertiary/aromatic N) is 6. The number of fused-ring (bicyclic) bond motifs is 2. The zero-order chi connectivity index (χ0) is 22.4. The molecule has 0 atom stereocenters. The highest BCUT2D eigenvalue weighted by Gasteiger charge is 2.23. The third kappa shape index (κ3) is 3.48. The van der Waals surface area contributed by atoms with Crippen LogP contribution < -0.4 is 9.64 Å². The van der Waals surface area contributed by atoms with Gasteiger partial charge in [0.2, 0.25) is 0 Å². The quantitative estimate of drug-likeness (QED) is 0.514. The molecular weight excluding hydrogens is 402 g/mol. The number of ether oxygens (including phenoxy) is 1. The molecule has 0 aliphatic carbocycles. The Morgan fingerprint density at radius 3 is 2.53 bits per heavy atom. The lowest BCUT2D eigenvalue weighted by atomic mass is 9.99. The molecule has 5 rings (SSSR count). The number of H-pyrrole nitrogens is 1. The van der Waals surface area contributed by atoms with Crippen LogP contribution in [0.25, 0.3) is 27.9 Å². The van der Waals surface area contributed by atoms with Gasteiger partial charge in [-0.05, 0) is 38.0 Å². The first-order valence-electron chi connectivity index (χ1n) is 11.4. The lowest BCUT2D eigenvalue weighted by molar-refractivity contribution is 0.209. The molecule has 1 saturated heterocycles. The zero-order valence-corrected chi connectivity index (χ0v) is 19.5. The molecule has 1 N–H and O–H groups in total. The molecule has 0 bridgehead atoms. The SMILES string of the molecule is COc1cc(-c2[nH]c3ccc(N4CCN(C(C)C)CC4)nc3c2C(C)C)cn2ncnc12. The van der Waals surface area contributed by atoms with Crippen LogP contribution in [-0.2, 0) is 0 Å². The van der Waals surface area contributed by atoms with E-state index >= 15 is 0 Å². The Bertz CT molecular complexity index is 1250. The third-order valence-corrected chi connectivity index (χ3v) is 6.46. The van der Waals surface area contributed by atoms with E-state index in [-0.39, 0.29) is 0 Å². The van der Waals surface area contributed by atoms with Crippen molar-refractivity contribution in [2.24, 2.45) is 0 Å². The topological polar surface area (TPSA) is 74.6 Å². The average molecular weight is 434 g/mol. The minimum atomic E-state index is 0.303. The van der Waals surface area contributed by atoms with E-state index in [9.17, 15) is 0 Å². The van der Waals surface area contributed by atoms with Gasteiger partial charge in [-0.1, -0.05) is 13.8 Å². The molecule has 0 unspecified atom stereocenters. The third-order valence-electron chi connectivity index (χ3n) is 6.46. The van der Waals surface area contributed by atoms with Gasteiger partial charge in [0.25, 0.3) is 0 Å². The molecule has 1 aliphatic rings. The Morgan fingerprint density at radius 2 is 1.84 bits per heavy atom. The van der Waals surface area contributed by atoms with Gasteiger partial charge in [-0.2, -0.15) is 5.10 Å². The van der Waals surface area contributed by atoms with Crippen molar-refractivity contribution in [3.8, 4) is 17.0 Å². The number of hydrogen-bond acceptors (Lipinski definition) is 6. The molecule has 0 amide bonds. The minimum Gasteiger partial charge on any atom is -0.493 e. The summed E-state index contributed by atoms with van der Waals surface area (Å²) in [4.78, 5) is 18.0. The molecule has 4 aromatic heterocycles. The van der Waals surface area contributed by atoms with E-state index in [1.807, 2.05) is 12.3 Å². The first-order valence-corrected chi connectivity index (χ1v) is 11.4. The number of hydrogen-bond donors (Lipinski definition) is 1. The molecule has 8 nitrogen and oxygen atoms in total. The fourth-order valence-corrected chi connectivity index (χ4v) is 4.69. The van der Waals surface area contributed by atoms with Gasteiger partial charge in [0.05, 0.1) is 23.8 Å². The second-order valence-corrected chi connectivity index (χ2v) is 9.08. The van der Waals surface area contributed by atoms with E-state index in [0.29, 0.717) is 23.4 Å². The van der Waals surface area contributed by atoms with Crippen molar-refractivity contribution in [3.05, 3.63) is 36.3 Å². The van der Waals surface area contributed by atoms with Gasteiger partial charge in [-0.15, -0.1) is 0 Å². The monoisotopic (exact) mass is 433 g/mol. The van der Waals surface area contributed by atoms with Crippen LogP contribution in [0.3, 0.4) is 0 Å². The summed E-state index contributed by atoms with van der Waals surface area (Å²) in [6, 6.07) is 6.91. The standard InChI is InChI=1S/C24H31N7O/c1-15(2)21-22(17-12-19(32-5)24-25-14-26-31(24)13-17)27-18-6-7-20(28-23(18)21)30-10-8-29(9-11-30)16(3)4/h6-7,12-16,27H,8-11H2,1-5H3. The fraction of sp³-hybridized carbons (Fsp3) is 0.458. The van der Waals surface area contributed by atoms with Crippen LogP contribution in [0.5, 0.6) is 5.75 Å². The summed E-state index contributed by atoms with van der Waals surface area (Å²) in [5.74, 6) is 2.06. The second-order valence-electron chi connectivity index (χ2n) is 9.08. The van der Waals surface area contributed by atoms with E-state index in [0.717, 1.165) is 54.3 Å². The number of anilines is 1. The highest BCUT2D eigenvalue weighted by Crippen LogP contribution is 2.37. The highest BCUT2D eigenvalue weighted by molar-refractivity contribution is 5.90. The van der Waals surface area contributed by atoms with Crippen LogP contribution in [0, 0.1) is 0 Å². The smallest absolute Gasteiger partial charge is 0.197 e. The van der Waals surface area contributed by atoms with Crippen LogP contribution in [0.2, 0.25) is 0 Å². The van der Waals surface area contributed by atoms with Crippen LogP contribution in [-0.4, -0.2) is 68.8 Å². The number of aromatic amines is 1. The van der Waals surface area contributed by atoms with Gasteiger partial charge >= 0.3 is 0 Å². The molecule has 8 heteroatoms. The molecule has 1 aliphatic heterocycles. The van der Waals surface area contributed by atoms with Crippen molar-refractivity contribution in [2.75, 3.05) is 38.2 Å². The summed E-state index contributed by atoms with van der Waals surface area (Å²) in [6.07, 6.45) is 3.54. The van der Waals surface area contributed by atoms with E-state index in [2.05, 4.69) is 64.7 Å². The number of rotatable bonds is 5. The Balaban J connectivity index is 1.57. The maximum Gasteiger partial charge on any atom is 0.197 e. The van der Waals surface area contributed by atoms with Crippen molar-refractivity contribution < 1.29 is 4.74 Å². The number of aromatic nitrogens is 5. The van der Waals surface area contributed by atoms with E-state index < -0.39 is 0 Å². The second kappa shape index (κ2) is 8.09. The maximum absolute atomic E-state index is 5.58. The molecule has 4 aromatic rings. The molecule has 0 saturated carbocycles. The first kappa shape index (κ1) is 20.8. The van der Waals surface area contributed by atoms with Crippen LogP contribution in [0.1, 0.15) is 39.2 Å². The maximum atomic E-state index is 5.58. The zero-order valence-electron chi connectivity index (χ0n) is 19.5. The minimum absolute atomic E-state index is 0.303. The van der Waals surface area contributed by atoms with Gasteiger partial charge in [0.1, 0.15) is 12.1 Å². The predicted molar refractivity (Wildman–Crippen MR) is 128 cm³/mol. The highest BCUT2D eigenvalue weighted by atomic mass is 16.5. The van der Waals surface area contributed by atoms with E-state index in [1.54, 1.807) is 18.0 Å². The van der Waals surface area contributed by atoms with Crippen molar-refractivity contribution in [1.29, 1.82) is 0 Å². The average Bonchev–Trinajstić information content (AvgIpc) is 3.42. The largest absolute Gasteiger partial charge is 0.493 e. The number of pyridine rings is 2. The molecule has 32 heavy (non-hydrogen) atoms. The Morgan fingerprint density at radius 1 is 1.06 bits per heavy atom. The Kier molecular flexibility index (Phi) is 5.25. The van der Waals surface area contributed by atoms with E-state index in [1.165, 1.54) is 5.56 Å². The summed E-state index contributed by atoms with van der Waals surface area (Å²) in [7, 11) is 1.66. The van der Waals surface area contributed by atoms with Crippen LogP contribution in [0.4, 0.5) is 5.82 Å². The fourth-order valence-electron chi connectivity index (χ4n) is 4.69. The summed E-state index contributed by atoms with van der Waals surface area (Å²) in [6.45, 7) is 13.1. The lowest BCUT2D eigenvalue weighted by Crippen LogP contribution is -2.49. The van der Waals surface area contributed by atoms with Crippen LogP contribution >= 0.6 is 0 Å². The van der Waals surface area contributed by atoms with Crippen molar-refractivity contribution in [3.63, 3.8) is 0 Å². The van der Waals surface area contributed by atoms with Crippen molar-refractivity contribution >= 4 is 22.5 Å². The molecule has 0 aromatic carbocycles. The summed E-state index contributed by atoms with van der Waals surface area (Å²) >= 11 is 0. The summed E-state index contributed by atoms with van der Waals surface area (Å²) in [5, 5.41) is 4.32. The molecular formula is C24H31N7O. The Labute approximate surface area is 188 Å². The predicted octanol–water partition coefficient (Wildman–Crippen LogP) is 3.94. The van der Waals surface area contributed by atoms with Gasteiger partial charge in [-0.3, -0.25) is 4.90 Å². The molecule has 0 radical (unpaired) electrons. The van der Waals surface area contributed by atoms with Crippen molar-refractivity contribution in [2.45, 2.75) is 39.7 Å².